The maximum atomic E-state index is 12.9. The molecule has 2 heterocycles. The van der Waals surface area contributed by atoms with Gasteiger partial charge < -0.3 is 19.7 Å². The molecule has 0 bridgehead atoms. The topological polar surface area (TPSA) is 113 Å². The van der Waals surface area contributed by atoms with Crippen LogP contribution in [0.3, 0.4) is 0 Å². The summed E-state index contributed by atoms with van der Waals surface area (Å²) >= 11 is 1.42. The van der Waals surface area contributed by atoms with Gasteiger partial charge in [0.25, 0.3) is 11.8 Å². The second kappa shape index (κ2) is 11.9. The quantitative estimate of drug-likeness (QED) is 0.192. The van der Waals surface area contributed by atoms with Gasteiger partial charge in [-0.25, -0.2) is 9.69 Å². The molecule has 0 radical (unpaired) electrons. The lowest BCUT2D eigenvalue weighted by molar-refractivity contribution is -0.245. The minimum Gasteiger partial charge on any atom is -0.478 e. The molecule has 3 atom stereocenters. The lowest BCUT2D eigenvalue weighted by atomic mass is 10.0. The molecule has 0 aliphatic carbocycles. The van der Waals surface area contributed by atoms with Gasteiger partial charge >= 0.3 is 5.97 Å². The van der Waals surface area contributed by atoms with E-state index in [1.54, 1.807) is 66.7 Å². The van der Waals surface area contributed by atoms with Gasteiger partial charge in [-0.3, -0.25) is 9.59 Å². The first-order valence-corrected chi connectivity index (χ1v) is 14.4. The average Bonchev–Trinajstić information content (AvgIpc) is 3.29. The molecule has 4 aromatic carbocycles. The zero-order valence-corrected chi connectivity index (χ0v) is 23.2. The number of aliphatic hydroxyl groups excluding tert-OH is 1. The number of fused-ring (bicyclic) bond motifs is 1. The molecule has 2 aliphatic rings. The molecule has 8 nitrogen and oxygen atoms in total. The highest BCUT2D eigenvalue weighted by molar-refractivity contribution is 7.99. The number of hydrogen-bond donors (Lipinski definition) is 2. The van der Waals surface area contributed by atoms with Crippen molar-refractivity contribution in [2.24, 2.45) is 0 Å². The Hall–Kier alpha value is -4.28. The first-order chi connectivity index (χ1) is 20.4. The van der Waals surface area contributed by atoms with Gasteiger partial charge in [-0.1, -0.05) is 60.7 Å². The van der Waals surface area contributed by atoms with Gasteiger partial charge in [-0.15, -0.1) is 11.8 Å². The Morgan fingerprint density at radius 1 is 0.810 bits per heavy atom. The molecule has 2 aliphatic heterocycles. The number of aliphatic hydroxyl groups is 1. The molecule has 42 heavy (non-hydrogen) atoms. The summed E-state index contributed by atoms with van der Waals surface area (Å²) in [6.07, 6.45) is -0.774. The van der Waals surface area contributed by atoms with E-state index < -0.39 is 12.3 Å². The van der Waals surface area contributed by atoms with Crippen LogP contribution < -0.4 is 4.90 Å². The van der Waals surface area contributed by atoms with Crippen molar-refractivity contribution >= 4 is 35.2 Å². The summed E-state index contributed by atoms with van der Waals surface area (Å²) < 4.78 is 12.8. The third-order valence-electron chi connectivity index (χ3n) is 7.37. The van der Waals surface area contributed by atoms with Gasteiger partial charge in [0.05, 0.1) is 41.2 Å². The van der Waals surface area contributed by atoms with E-state index in [9.17, 15) is 24.6 Å². The van der Waals surface area contributed by atoms with Crippen LogP contribution in [0, 0.1) is 0 Å². The normalized spacial score (nSPS) is 20.0. The van der Waals surface area contributed by atoms with Gasteiger partial charge in [-0.2, -0.15) is 0 Å². The molecule has 0 spiro atoms. The van der Waals surface area contributed by atoms with Crippen LogP contribution in [0.25, 0.3) is 0 Å². The number of thioether (sulfide) groups is 1. The predicted octanol–water partition coefficient (Wildman–Crippen LogP) is 6.02. The average molecular weight is 582 g/mol. The first-order valence-electron chi connectivity index (χ1n) is 13.5. The molecule has 2 amide bonds. The molecule has 0 unspecified atom stereocenters. The number of aromatic carboxylic acids is 1. The van der Waals surface area contributed by atoms with E-state index in [0.717, 1.165) is 11.1 Å². The Kier molecular flexibility index (Phi) is 7.90. The number of ether oxygens (including phenoxy) is 2. The molecular weight excluding hydrogens is 554 g/mol. The zero-order chi connectivity index (χ0) is 29.2. The summed E-state index contributed by atoms with van der Waals surface area (Å²) in [7, 11) is 0. The lowest BCUT2D eigenvalue weighted by Crippen LogP contribution is -2.31. The molecule has 0 saturated carbocycles. The predicted molar refractivity (Wildman–Crippen MR) is 157 cm³/mol. The third-order valence-corrected chi connectivity index (χ3v) is 8.58. The third kappa shape index (κ3) is 5.47. The van der Waals surface area contributed by atoms with E-state index in [1.165, 1.54) is 16.7 Å². The zero-order valence-electron chi connectivity index (χ0n) is 22.4. The molecule has 9 heteroatoms. The molecule has 6 rings (SSSR count). The van der Waals surface area contributed by atoms with Crippen molar-refractivity contribution in [2.75, 3.05) is 10.7 Å². The number of carbonyl (C=O) groups is 3. The van der Waals surface area contributed by atoms with Crippen molar-refractivity contribution in [1.82, 2.24) is 0 Å². The number of imide groups is 1. The van der Waals surface area contributed by atoms with Gasteiger partial charge in [0.15, 0.2) is 6.29 Å². The first kappa shape index (κ1) is 27.9. The number of amides is 2. The van der Waals surface area contributed by atoms with E-state index in [4.69, 9.17) is 9.47 Å². The fourth-order valence-corrected chi connectivity index (χ4v) is 6.24. The Morgan fingerprint density at radius 3 is 2.07 bits per heavy atom. The molecule has 2 N–H and O–H groups in total. The van der Waals surface area contributed by atoms with Crippen molar-refractivity contribution in [3.8, 4) is 0 Å². The number of benzene rings is 4. The minimum absolute atomic E-state index is 0.0563. The van der Waals surface area contributed by atoms with E-state index >= 15 is 0 Å². The Bertz CT molecular complexity index is 1600. The molecule has 0 aromatic heterocycles. The van der Waals surface area contributed by atoms with Crippen LogP contribution in [-0.4, -0.2) is 39.9 Å². The molecular formula is C33H27NO7S. The lowest BCUT2D eigenvalue weighted by Gasteiger charge is -2.36. The van der Waals surface area contributed by atoms with Crippen molar-refractivity contribution in [3.05, 3.63) is 130 Å². The fourth-order valence-electron chi connectivity index (χ4n) is 5.18. The van der Waals surface area contributed by atoms with Crippen LogP contribution in [0.2, 0.25) is 0 Å². The summed E-state index contributed by atoms with van der Waals surface area (Å²) in [4.78, 5) is 39.4. The highest BCUT2D eigenvalue weighted by Gasteiger charge is 2.37. The Labute approximate surface area is 246 Å². The maximum Gasteiger partial charge on any atom is 0.336 e. The van der Waals surface area contributed by atoms with E-state index in [1.807, 2.05) is 30.3 Å². The Balaban J connectivity index is 1.24. The molecule has 4 aromatic rings. The standard InChI is InChI=1S/C33H27NO7S/c35-18-20-9-11-21(12-10-20)28-17-24(19-42-29-8-4-3-7-27(29)32(38)39)40-33(41-28)22-13-15-23(16-14-22)34-30(36)25-5-1-2-6-26(25)31(34)37/h1-16,24,28,33,35H,17-19H2,(H,38,39)/t24-,28+,33+/m0/s1. The smallest absolute Gasteiger partial charge is 0.336 e. The summed E-state index contributed by atoms with van der Waals surface area (Å²) in [5.41, 5.74) is 3.90. The SMILES string of the molecule is O=C(O)c1ccccc1SC[C@@H]1C[C@H](c2ccc(CO)cc2)O[C@H](c2ccc(N3C(=O)c4ccccc4C3=O)cc2)O1. The highest BCUT2D eigenvalue weighted by atomic mass is 32.2. The van der Waals surface area contributed by atoms with Crippen LogP contribution in [0.1, 0.15) is 66.6 Å². The van der Waals surface area contributed by atoms with Crippen LogP contribution in [0.4, 0.5) is 5.69 Å². The Morgan fingerprint density at radius 2 is 1.43 bits per heavy atom. The van der Waals surface area contributed by atoms with Crippen molar-refractivity contribution in [2.45, 2.75) is 36.4 Å². The minimum atomic E-state index is -0.983. The van der Waals surface area contributed by atoms with Gasteiger partial charge in [-0.05, 0) is 47.5 Å². The van der Waals surface area contributed by atoms with E-state index in [0.29, 0.717) is 39.4 Å². The molecule has 1 fully saturated rings. The second-order valence-electron chi connectivity index (χ2n) is 10.0. The van der Waals surface area contributed by atoms with Crippen LogP contribution >= 0.6 is 11.8 Å². The van der Waals surface area contributed by atoms with Crippen LogP contribution in [-0.2, 0) is 16.1 Å². The fraction of sp³-hybridized carbons (Fsp3) is 0.182. The number of anilines is 1. The largest absolute Gasteiger partial charge is 0.478 e. The number of carbonyl (C=O) groups excluding carboxylic acids is 2. The number of hydrogen-bond acceptors (Lipinski definition) is 7. The van der Waals surface area contributed by atoms with Gasteiger partial charge in [0, 0.05) is 22.6 Å². The summed E-state index contributed by atoms with van der Waals surface area (Å²) in [6.45, 7) is -0.0563. The van der Waals surface area contributed by atoms with Crippen LogP contribution in [0.5, 0.6) is 0 Å². The van der Waals surface area contributed by atoms with Gasteiger partial charge in [0.2, 0.25) is 0 Å². The summed E-state index contributed by atoms with van der Waals surface area (Å²) in [5, 5.41) is 19.0. The highest BCUT2D eigenvalue weighted by Crippen LogP contribution is 2.40. The van der Waals surface area contributed by atoms with Crippen molar-refractivity contribution < 1.29 is 34.1 Å². The van der Waals surface area contributed by atoms with E-state index in [-0.39, 0.29) is 36.2 Å². The number of nitrogens with zero attached hydrogens (tertiary/aromatic N) is 1. The van der Waals surface area contributed by atoms with Crippen LogP contribution in [0.15, 0.2) is 102 Å². The second-order valence-corrected chi connectivity index (χ2v) is 11.1. The molecule has 212 valence electrons. The van der Waals surface area contributed by atoms with Gasteiger partial charge in [0.1, 0.15) is 0 Å². The number of rotatable bonds is 8. The maximum absolute atomic E-state index is 12.9. The van der Waals surface area contributed by atoms with E-state index in [2.05, 4.69) is 0 Å². The van der Waals surface area contributed by atoms with Crippen molar-refractivity contribution in [3.63, 3.8) is 0 Å². The summed E-state index contributed by atoms with van der Waals surface area (Å²) in [5.74, 6) is -1.20. The summed E-state index contributed by atoms with van der Waals surface area (Å²) in [6, 6.07) is 28.2. The van der Waals surface area contributed by atoms with Crippen molar-refractivity contribution in [1.29, 1.82) is 0 Å². The monoisotopic (exact) mass is 581 g/mol. The number of carboxylic acid groups (broad SMARTS) is 1. The number of carboxylic acids is 1. The molecule has 1 saturated heterocycles.